The van der Waals surface area contributed by atoms with E-state index < -0.39 is 5.66 Å². The lowest BCUT2D eigenvalue weighted by molar-refractivity contribution is -0.113. The van der Waals surface area contributed by atoms with E-state index in [0.29, 0.717) is 15.7 Å². The van der Waals surface area contributed by atoms with Crippen molar-refractivity contribution in [3.8, 4) is 0 Å². The first-order valence-corrected chi connectivity index (χ1v) is 9.71. The van der Waals surface area contributed by atoms with E-state index >= 15 is 0 Å². The molecule has 0 aliphatic carbocycles. The van der Waals surface area contributed by atoms with Crippen LogP contribution in [0.1, 0.15) is 19.4 Å². The predicted molar refractivity (Wildman–Crippen MR) is 112 cm³/mol. The molecule has 134 valence electrons. The molecule has 26 heavy (non-hydrogen) atoms. The van der Waals surface area contributed by atoms with Gasteiger partial charge in [-0.25, -0.2) is 4.99 Å². The molecule has 7 heteroatoms. The lowest BCUT2D eigenvalue weighted by Gasteiger charge is -2.08. The van der Waals surface area contributed by atoms with E-state index in [-0.39, 0.29) is 11.7 Å². The third-order valence-corrected chi connectivity index (χ3v) is 4.90. The van der Waals surface area contributed by atoms with Crippen molar-refractivity contribution in [2.45, 2.75) is 19.5 Å². The summed E-state index contributed by atoms with van der Waals surface area (Å²) in [6, 6.07) is 14.8. The van der Waals surface area contributed by atoms with Crippen molar-refractivity contribution in [2.75, 3.05) is 11.1 Å². The fraction of sp³-hybridized carbons (Fsp3) is 0.211. The van der Waals surface area contributed by atoms with Crippen molar-refractivity contribution in [1.29, 1.82) is 0 Å². The largest absolute Gasteiger partial charge is 0.325 e. The molecular formula is C19H17Cl2N3OS. The molecule has 0 bridgehead atoms. The van der Waals surface area contributed by atoms with Gasteiger partial charge in [0.25, 0.3) is 0 Å². The lowest BCUT2D eigenvalue weighted by Crippen LogP contribution is -2.17. The summed E-state index contributed by atoms with van der Waals surface area (Å²) in [6.07, 6.45) is 0. The number of amides is 1. The summed E-state index contributed by atoms with van der Waals surface area (Å²) in [5, 5.41) is 4.51. The molecule has 1 amide bonds. The quantitative estimate of drug-likeness (QED) is 0.749. The zero-order valence-corrected chi connectivity index (χ0v) is 16.6. The van der Waals surface area contributed by atoms with Crippen molar-refractivity contribution in [1.82, 2.24) is 0 Å². The number of thioether (sulfide) groups is 1. The smallest absolute Gasteiger partial charge is 0.234 e. The fourth-order valence-corrected chi connectivity index (χ4v) is 3.94. The molecule has 3 rings (SSSR count). The highest BCUT2D eigenvalue weighted by Crippen LogP contribution is 2.27. The first-order valence-electron chi connectivity index (χ1n) is 7.97. The van der Waals surface area contributed by atoms with Crippen molar-refractivity contribution >= 4 is 57.3 Å². The standard InChI is InChI=1S/C19H17Cl2N3OS/c1-19(2)23-17(12-6-4-3-5-7-12)18(24-19)26-11-16(25)22-15-9-13(20)8-14(21)10-15/h3-10H,11H2,1-2H3,(H,22,25). The number of rotatable bonds is 4. The van der Waals surface area contributed by atoms with Crippen LogP contribution in [0.15, 0.2) is 58.5 Å². The Labute approximate surface area is 166 Å². The van der Waals surface area contributed by atoms with Crippen molar-refractivity contribution in [2.24, 2.45) is 9.98 Å². The molecule has 0 aromatic heterocycles. The fourth-order valence-electron chi connectivity index (χ4n) is 2.49. The van der Waals surface area contributed by atoms with Crippen LogP contribution >= 0.6 is 35.0 Å². The first-order chi connectivity index (χ1) is 12.3. The van der Waals surface area contributed by atoms with E-state index in [4.69, 9.17) is 23.2 Å². The topological polar surface area (TPSA) is 53.8 Å². The summed E-state index contributed by atoms with van der Waals surface area (Å²) in [5.41, 5.74) is 1.86. The van der Waals surface area contributed by atoms with Crippen LogP contribution in [0.2, 0.25) is 10.0 Å². The zero-order chi connectivity index (χ0) is 18.7. The molecule has 0 unspecified atom stereocenters. The molecular weight excluding hydrogens is 389 g/mol. The highest BCUT2D eigenvalue weighted by molar-refractivity contribution is 8.16. The maximum atomic E-state index is 12.3. The molecule has 0 saturated heterocycles. The second-order valence-electron chi connectivity index (χ2n) is 6.23. The summed E-state index contributed by atoms with van der Waals surface area (Å²) in [6.45, 7) is 3.88. The number of carbonyl (C=O) groups is 1. The van der Waals surface area contributed by atoms with Gasteiger partial charge in [-0.2, -0.15) is 0 Å². The van der Waals surface area contributed by atoms with Gasteiger partial charge in [-0.3, -0.25) is 9.79 Å². The molecule has 0 spiro atoms. The third kappa shape index (κ3) is 4.87. The van der Waals surface area contributed by atoms with Crippen LogP contribution in [-0.2, 0) is 4.79 Å². The summed E-state index contributed by atoms with van der Waals surface area (Å²) < 4.78 is 0. The maximum absolute atomic E-state index is 12.3. The molecule has 1 aliphatic heterocycles. The van der Waals surface area contributed by atoms with E-state index in [1.54, 1.807) is 18.2 Å². The number of carbonyl (C=O) groups excluding carboxylic acids is 1. The number of anilines is 1. The van der Waals surface area contributed by atoms with Crippen LogP contribution < -0.4 is 5.32 Å². The molecule has 1 heterocycles. The average molecular weight is 406 g/mol. The second kappa shape index (κ2) is 7.82. The summed E-state index contributed by atoms with van der Waals surface area (Å²) in [7, 11) is 0. The first kappa shape index (κ1) is 19.0. The van der Waals surface area contributed by atoms with Gasteiger partial charge in [0.15, 0.2) is 0 Å². The van der Waals surface area contributed by atoms with E-state index in [1.807, 2.05) is 44.2 Å². The minimum Gasteiger partial charge on any atom is -0.325 e. The monoisotopic (exact) mass is 405 g/mol. The zero-order valence-electron chi connectivity index (χ0n) is 14.3. The molecule has 2 aromatic carbocycles. The average Bonchev–Trinajstić information content (AvgIpc) is 2.88. The van der Waals surface area contributed by atoms with Crippen LogP contribution in [0, 0.1) is 0 Å². The van der Waals surface area contributed by atoms with Gasteiger partial charge in [-0.1, -0.05) is 65.3 Å². The summed E-state index contributed by atoms with van der Waals surface area (Å²) in [5.74, 6) is 0.0541. The van der Waals surface area contributed by atoms with Crippen LogP contribution in [0.5, 0.6) is 0 Å². The van der Waals surface area contributed by atoms with E-state index in [2.05, 4.69) is 15.3 Å². The number of nitrogens with one attached hydrogen (secondary N) is 1. The number of nitrogens with zero attached hydrogens (tertiary/aromatic N) is 2. The number of aliphatic imine (C=N–C) groups is 2. The van der Waals surface area contributed by atoms with Gasteiger partial charge in [0.1, 0.15) is 10.7 Å². The van der Waals surface area contributed by atoms with Gasteiger partial charge in [0, 0.05) is 21.3 Å². The number of halogens is 2. The Kier molecular flexibility index (Phi) is 5.70. The van der Waals surface area contributed by atoms with Crippen LogP contribution in [-0.4, -0.2) is 28.1 Å². The van der Waals surface area contributed by atoms with Crippen LogP contribution in [0.4, 0.5) is 5.69 Å². The Balaban J connectivity index is 1.68. The normalized spacial score (nSPS) is 15.4. The van der Waals surface area contributed by atoms with Crippen molar-refractivity contribution in [3.05, 3.63) is 64.1 Å². The number of hydrogen-bond donors (Lipinski definition) is 1. The predicted octanol–water partition coefficient (Wildman–Crippen LogP) is 5.30. The minimum absolute atomic E-state index is 0.159. The highest BCUT2D eigenvalue weighted by atomic mass is 35.5. The second-order valence-corrected chi connectivity index (χ2v) is 8.07. The molecule has 4 nitrogen and oxygen atoms in total. The van der Waals surface area contributed by atoms with E-state index in [9.17, 15) is 4.79 Å². The van der Waals surface area contributed by atoms with Gasteiger partial charge in [0.2, 0.25) is 5.91 Å². The Morgan fingerprint density at radius 3 is 2.38 bits per heavy atom. The number of benzene rings is 2. The van der Waals surface area contributed by atoms with Crippen molar-refractivity contribution in [3.63, 3.8) is 0 Å². The van der Waals surface area contributed by atoms with Crippen LogP contribution in [0.25, 0.3) is 0 Å². The SMILES string of the molecule is CC1(C)N=C(SCC(=O)Nc2cc(Cl)cc(Cl)c2)C(c2ccccc2)=N1. The summed E-state index contributed by atoms with van der Waals surface area (Å²) >= 11 is 13.3. The Morgan fingerprint density at radius 1 is 1.08 bits per heavy atom. The van der Waals surface area contributed by atoms with Crippen molar-refractivity contribution < 1.29 is 4.79 Å². The Morgan fingerprint density at radius 2 is 1.73 bits per heavy atom. The Hall–Kier alpha value is -1.82. The summed E-state index contributed by atoms with van der Waals surface area (Å²) in [4.78, 5) is 21.6. The minimum atomic E-state index is -0.523. The van der Waals surface area contributed by atoms with E-state index in [0.717, 1.165) is 16.3 Å². The molecule has 0 atom stereocenters. The van der Waals surface area contributed by atoms with Crippen LogP contribution in [0.3, 0.4) is 0 Å². The lowest BCUT2D eigenvalue weighted by atomic mass is 10.1. The molecule has 0 radical (unpaired) electrons. The van der Waals surface area contributed by atoms with Gasteiger partial charge in [0.05, 0.1) is 11.5 Å². The maximum Gasteiger partial charge on any atom is 0.234 e. The molecule has 0 fully saturated rings. The van der Waals surface area contributed by atoms with Gasteiger partial charge < -0.3 is 5.32 Å². The number of hydrogen-bond acceptors (Lipinski definition) is 4. The van der Waals surface area contributed by atoms with E-state index in [1.165, 1.54) is 11.8 Å². The Bertz CT molecular complexity index is 875. The van der Waals surface area contributed by atoms with Gasteiger partial charge in [-0.05, 0) is 32.0 Å². The van der Waals surface area contributed by atoms with Gasteiger partial charge in [-0.15, -0.1) is 0 Å². The molecule has 0 saturated carbocycles. The van der Waals surface area contributed by atoms with Gasteiger partial charge >= 0.3 is 0 Å². The third-order valence-electron chi connectivity index (χ3n) is 3.50. The molecule has 2 aromatic rings. The molecule has 1 aliphatic rings. The highest BCUT2D eigenvalue weighted by Gasteiger charge is 2.28. The molecule has 1 N–H and O–H groups in total.